The van der Waals surface area contributed by atoms with Crippen molar-refractivity contribution in [1.82, 2.24) is 0 Å². The first kappa shape index (κ1) is 13.5. The molecule has 1 aromatic carbocycles. The summed E-state index contributed by atoms with van der Waals surface area (Å²) in [5.41, 5.74) is 1.01. The molecule has 1 atom stereocenters. The van der Waals surface area contributed by atoms with E-state index in [1.807, 2.05) is 24.3 Å². The SMILES string of the molecule is COc1ccccc1CC(Br)CS(C)(=O)=O. The van der Waals surface area contributed by atoms with Crippen LogP contribution in [0, 0.1) is 0 Å². The lowest BCUT2D eigenvalue weighted by Gasteiger charge is -2.11. The molecule has 0 N–H and O–H groups in total. The maximum atomic E-state index is 11.1. The molecule has 16 heavy (non-hydrogen) atoms. The zero-order valence-electron chi connectivity index (χ0n) is 9.31. The van der Waals surface area contributed by atoms with Gasteiger partial charge in [-0.15, -0.1) is 0 Å². The van der Waals surface area contributed by atoms with Crippen LogP contribution < -0.4 is 4.74 Å². The molecular formula is C11H15BrO3S. The fourth-order valence-electron chi connectivity index (χ4n) is 1.50. The molecule has 90 valence electrons. The highest BCUT2D eigenvalue weighted by Crippen LogP contribution is 2.21. The lowest BCUT2D eigenvalue weighted by atomic mass is 10.1. The molecule has 0 fully saturated rings. The third-order valence-corrected chi connectivity index (χ3v) is 4.20. The van der Waals surface area contributed by atoms with Crippen molar-refractivity contribution >= 4 is 25.8 Å². The molecule has 1 aromatic rings. The van der Waals surface area contributed by atoms with Gasteiger partial charge in [0.15, 0.2) is 0 Å². The van der Waals surface area contributed by atoms with Crippen molar-refractivity contribution in [3.63, 3.8) is 0 Å². The Bertz CT molecular complexity index is 442. The van der Waals surface area contributed by atoms with Gasteiger partial charge in [0.05, 0.1) is 12.9 Å². The van der Waals surface area contributed by atoms with Gasteiger partial charge in [-0.25, -0.2) is 8.42 Å². The second-order valence-corrected chi connectivity index (χ2v) is 7.19. The molecule has 0 bridgehead atoms. The van der Waals surface area contributed by atoms with Crippen molar-refractivity contribution in [3.05, 3.63) is 29.8 Å². The van der Waals surface area contributed by atoms with Gasteiger partial charge in [0.1, 0.15) is 15.6 Å². The van der Waals surface area contributed by atoms with Crippen molar-refractivity contribution in [2.75, 3.05) is 19.1 Å². The maximum Gasteiger partial charge on any atom is 0.148 e. The molecule has 0 aromatic heterocycles. The van der Waals surface area contributed by atoms with Crippen LogP contribution in [0.25, 0.3) is 0 Å². The number of sulfone groups is 1. The van der Waals surface area contributed by atoms with Crippen molar-refractivity contribution in [1.29, 1.82) is 0 Å². The molecule has 1 rings (SSSR count). The molecule has 0 spiro atoms. The van der Waals surface area contributed by atoms with E-state index < -0.39 is 9.84 Å². The minimum Gasteiger partial charge on any atom is -0.496 e. The Balaban J connectivity index is 2.73. The van der Waals surface area contributed by atoms with Crippen LogP contribution in [0.5, 0.6) is 5.75 Å². The smallest absolute Gasteiger partial charge is 0.148 e. The minimum atomic E-state index is -2.95. The van der Waals surface area contributed by atoms with Crippen LogP contribution in [0.3, 0.4) is 0 Å². The Labute approximate surface area is 105 Å². The lowest BCUT2D eigenvalue weighted by molar-refractivity contribution is 0.409. The van der Waals surface area contributed by atoms with E-state index in [-0.39, 0.29) is 10.6 Å². The molecule has 0 aliphatic heterocycles. The van der Waals surface area contributed by atoms with Gasteiger partial charge in [-0.2, -0.15) is 0 Å². The Morgan fingerprint density at radius 1 is 1.38 bits per heavy atom. The molecule has 0 aliphatic carbocycles. The van der Waals surface area contributed by atoms with Crippen molar-refractivity contribution in [2.24, 2.45) is 0 Å². The van der Waals surface area contributed by atoms with E-state index in [2.05, 4.69) is 15.9 Å². The number of rotatable bonds is 5. The Hall–Kier alpha value is -0.550. The summed E-state index contributed by atoms with van der Waals surface area (Å²) in [4.78, 5) is -0.0844. The Morgan fingerprint density at radius 3 is 2.56 bits per heavy atom. The summed E-state index contributed by atoms with van der Waals surface area (Å²) in [6, 6.07) is 7.62. The van der Waals surface area contributed by atoms with Gasteiger partial charge in [0, 0.05) is 11.1 Å². The number of benzene rings is 1. The van der Waals surface area contributed by atoms with E-state index in [0.717, 1.165) is 11.3 Å². The van der Waals surface area contributed by atoms with Crippen LogP contribution in [0.4, 0.5) is 0 Å². The summed E-state index contributed by atoms with van der Waals surface area (Å²) in [5.74, 6) is 0.922. The van der Waals surface area contributed by atoms with E-state index in [9.17, 15) is 8.42 Å². The molecule has 0 saturated heterocycles. The maximum absolute atomic E-state index is 11.1. The number of para-hydroxylation sites is 1. The monoisotopic (exact) mass is 306 g/mol. The second-order valence-electron chi connectivity index (χ2n) is 3.71. The lowest BCUT2D eigenvalue weighted by Crippen LogP contribution is -2.16. The number of alkyl halides is 1. The largest absolute Gasteiger partial charge is 0.496 e. The van der Waals surface area contributed by atoms with Crippen molar-refractivity contribution < 1.29 is 13.2 Å². The van der Waals surface area contributed by atoms with Crippen LogP contribution in [-0.4, -0.2) is 32.4 Å². The Morgan fingerprint density at radius 2 is 2.00 bits per heavy atom. The third kappa shape index (κ3) is 4.53. The molecule has 5 heteroatoms. The van der Waals surface area contributed by atoms with Gasteiger partial charge < -0.3 is 4.74 Å². The average Bonchev–Trinajstić information content (AvgIpc) is 2.15. The second kappa shape index (κ2) is 5.68. The van der Waals surface area contributed by atoms with Crippen molar-refractivity contribution in [3.8, 4) is 5.75 Å². The zero-order chi connectivity index (χ0) is 12.2. The van der Waals surface area contributed by atoms with Gasteiger partial charge in [-0.3, -0.25) is 0 Å². The van der Waals surface area contributed by atoms with E-state index in [1.54, 1.807) is 7.11 Å². The fourth-order valence-corrected chi connectivity index (χ4v) is 4.06. The first-order valence-electron chi connectivity index (χ1n) is 4.86. The fraction of sp³-hybridized carbons (Fsp3) is 0.455. The molecule has 0 radical (unpaired) electrons. The minimum absolute atomic E-state index is 0.0844. The van der Waals surface area contributed by atoms with Gasteiger partial charge in [-0.05, 0) is 18.1 Å². The number of hydrogen-bond acceptors (Lipinski definition) is 3. The summed E-state index contributed by atoms with van der Waals surface area (Å²) in [6.45, 7) is 0. The number of hydrogen-bond donors (Lipinski definition) is 0. The standard InChI is InChI=1S/C11H15BrO3S/c1-15-11-6-4-3-5-9(11)7-10(12)8-16(2,13)14/h3-6,10H,7-8H2,1-2H3. The quantitative estimate of drug-likeness (QED) is 0.782. The summed E-state index contributed by atoms with van der Waals surface area (Å²) in [6.07, 6.45) is 1.88. The van der Waals surface area contributed by atoms with Gasteiger partial charge in [-0.1, -0.05) is 34.1 Å². The number of methoxy groups -OCH3 is 1. The zero-order valence-corrected chi connectivity index (χ0v) is 11.7. The van der Waals surface area contributed by atoms with Gasteiger partial charge >= 0.3 is 0 Å². The molecular weight excluding hydrogens is 292 g/mol. The molecule has 0 heterocycles. The summed E-state index contributed by atoms with van der Waals surface area (Å²) >= 11 is 3.38. The molecule has 3 nitrogen and oxygen atoms in total. The predicted molar refractivity (Wildman–Crippen MR) is 69.1 cm³/mol. The van der Waals surface area contributed by atoms with Crippen LogP contribution in [0.1, 0.15) is 5.56 Å². The molecule has 0 saturated carbocycles. The van der Waals surface area contributed by atoms with E-state index >= 15 is 0 Å². The van der Waals surface area contributed by atoms with E-state index in [1.165, 1.54) is 6.26 Å². The van der Waals surface area contributed by atoms with Crippen LogP contribution >= 0.6 is 15.9 Å². The van der Waals surface area contributed by atoms with Crippen LogP contribution in [0.15, 0.2) is 24.3 Å². The van der Waals surface area contributed by atoms with Crippen LogP contribution in [-0.2, 0) is 16.3 Å². The average molecular weight is 307 g/mol. The highest BCUT2D eigenvalue weighted by molar-refractivity contribution is 9.09. The van der Waals surface area contributed by atoms with Crippen molar-refractivity contribution in [2.45, 2.75) is 11.2 Å². The van der Waals surface area contributed by atoms with E-state index in [4.69, 9.17) is 4.74 Å². The first-order valence-corrected chi connectivity index (χ1v) is 7.83. The number of halogens is 1. The molecule has 0 aliphatic rings. The predicted octanol–water partition coefficient (Wildman–Crippen LogP) is 2.05. The highest BCUT2D eigenvalue weighted by atomic mass is 79.9. The third-order valence-electron chi connectivity index (χ3n) is 2.12. The molecule has 1 unspecified atom stereocenters. The normalized spacial score (nSPS) is 13.4. The van der Waals surface area contributed by atoms with Gasteiger partial charge in [0.25, 0.3) is 0 Å². The first-order chi connectivity index (χ1) is 7.42. The van der Waals surface area contributed by atoms with Gasteiger partial charge in [0.2, 0.25) is 0 Å². The summed E-state index contributed by atoms with van der Waals surface area (Å²) < 4.78 is 27.5. The molecule has 0 amide bonds. The summed E-state index contributed by atoms with van der Waals surface area (Å²) in [5, 5.41) is 0. The topological polar surface area (TPSA) is 43.4 Å². The van der Waals surface area contributed by atoms with E-state index in [0.29, 0.717) is 6.42 Å². The van der Waals surface area contributed by atoms with Crippen LogP contribution in [0.2, 0.25) is 0 Å². The number of ether oxygens (including phenoxy) is 1. The summed E-state index contributed by atoms with van der Waals surface area (Å²) in [7, 11) is -1.34. The Kier molecular flexibility index (Phi) is 4.80. The highest BCUT2D eigenvalue weighted by Gasteiger charge is 2.14.